The Labute approximate surface area is 139 Å². The molecule has 0 unspecified atom stereocenters. The van der Waals surface area contributed by atoms with Crippen LogP contribution in [-0.2, 0) is 9.53 Å². The quantitative estimate of drug-likeness (QED) is 0.635. The van der Waals surface area contributed by atoms with Gasteiger partial charge in [-0.1, -0.05) is 27.7 Å². The van der Waals surface area contributed by atoms with Gasteiger partial charge in [-0.2, -0.15) is 0 Å². The summed E-state index contributed by atoms with van der Waals surface area (Å²) in [4.78, 5) is 23.3. The number of aliphatic hydroxyl groups excluding tert-OH is 1. The van der Waals surface area contributed by atoms with E-state index < -0.39 is 35.7 Å². The van der Waals surface area contributed by atoms with Gasteiger partial charge in [0.1, 0.15) is 5.60 Å². The van der Waals surface area contributed by atoms with E-state index in [1.54, 1.807) is 20.8 Å². The van der Waals surface area contributed by atoms with Crippen molar-refractivity contribution in [2.24, 2.45) is 17.8 Å². The Balaban J connectivity index is 4.94. The van der Waals surface area contributed by atoms with Crippen molar-refractivity contribution < 1.29 is 24.5 Å². The fourth-order valence-electron chi connectivity index (χ4n) is 2.36. The molecule has 0 heterocycles. The molecule has 0 fully saturated rings. The molecular weight excluding hydrogens is 298 g/mol. The molecule has 0 radical (unpaired) electrons. The number of aliphatic hydroxyl groups is 1. The number of nitrogens with one attached hydrogen (secondary N) is 1. The minimum absolute atomic E-state index is 0.0941. The highest BCUT2D eigenvalue weighted by atomic mass is 16.6. The molecule has 0 aromatic rings. The molecule has 136 valence electrons. The topological polar surface area (TPSA) is 95.9 Å². The zero-order chi connectivity index (χ0) is 18.4. The molecule has 1 amide bonds. The number of alkyl carbamates (subject to hydrolysis) is 1. The van der Waals surface area contributed by atoms with Gasteiger partial charge in [0.2, 0.25) is 0 Å². The Morgan fingerprint density at radius 2 is 1.61 bits per heavy atom. The molecule has 0 saturated heterocycles. The molecular formula is C17H33NO5. The molecule has 0 saturated carbocycles. The SMILES string of the molecule is CC(C)C[C@H](NC(=O)OC(C)(C)C)[C@H](O)C[C@H](C(=O)O)C(C)C. The van der Waals surface area contributed by atoms with Crippen LogP contribution in [0.3, 0.4) is 0 Å². The first-order chi connectivity index (χ1) is 10.3. The van der Waals surface area contributed by atoms with Gasteiger partial charge in [-0.3, -0.25) is 4.79 Å². The van der Waals surface area contributed by atoms with E-state index in [1.807, 2.05) is 27.7 Å². The molecule has 0 aromatic carbocycles. The van der Waals surface area contributed by atoms with Crippen LogP contribution in [-0.4, -0.2) is 40.0 Å². The molecule has 0 aliphatic rings. The molecule has 3 atom stereocenters. The molecule has 0 spiro atoms. The second-order valence-corrected chi connectivity index (χ2v) is 7.87. The number of rotatable bonds is 8. The third-order valence-electron chi connectivity index (χ3n) is 3.51. The summed E-state index contributed by atoms with van der Waals surface area (Å²) in [6.07, 6.45) is -0.891. The fraction of sp³-hybridized carbons (Fsp3) is 0.882. The zero-order valence-electron chi connectivity index (χ0n) is 15.4. The largest absolute Gasteiger partial charge is 0.481 e. The summed E-state index contributed by atoms with van der Waals surface area (Å²) in [5.41, 5.74) is -0.626. The molecule has 23 heavy (non-hydrogen) atoms. The van der Waals surface area contributed by atoms with Gasteiger partial charge in [0, 0.05) is 0 Å². The Morgan fingerprint density at radius 3 is 1.96 bits per heavy atom. The average Bonchev–Trinajstić information content (AvgIpc) is 2.30. The number of aliphatic carboxylic acids is 1. The second kappa shape index (κ2) is 9.11. The minimum Gasteiger partial charge on any atom is -0.481 e. The van der Waals surface area contributed by atoms with E-state index in [-0.39, 0.29) is 18.3 Å². The molecule has 3 N–H and O–H groups in total. The Kier molecular flexibility index (Phi) is 8.59. The van der Waals surface area contributed by atoms with E-state index in [9.17, 15) is 19.8 Å². The number of hydrogen-bond acceptors (Lipinski definition) is 4. The van der Waals surface area contributed by atoms with Gasteiger partial charge in [0.15, 0.2) is 0 Å². The number of carbonyl (C=O) groups is 2. The molecule has 6 heteroatoms. The predicted molar refractivity (Wildman–Crippen MR) is 89.2 cm³/mol. The minimum atomic E-state index is -0.937. The maximum Gasteiger partial charge on any atom is 0.407 e. The predicted octanol–water partition coefficient (Wildman–Crippen LogP) is 3.03. The number of amides is 1. The first-order valence-corrected chi connectivity index (χ1v) is 8.23. The van der Waals surface area contributed by atoms with Gasteiger partial charge >= 0.3 is 12.1 Å². The third kappa shape index (κ3) is 9.43. The van der Waals surface area contributed by atoms with E-state index in [0.717, 1.165) is 0 Å². The average molecular weight is 331 g/mol. The fourth-order valence-corrected chi connectivity index (χ4v) is 2.36. The number of carboxylic acids is 1. The van der Waals surface area contributed by atoms with Crippen molar-refractivity contribution in [3.63, 3.8) is 0 Å². The number of ether oxygens (including phenoxy) is 1. The highest BCUT2D eigenvalue weighted by Gasteiger charge is 2.31. The summed E-state index contributed by atoms with van der Waals surface area (Å²) in [6.45, 7) is 12.9. The Bertz CT molecular complexity index is 387. The van der Waals surface area contributed by atoms with Crippen LogP contribution in [0.2, 0.25) is 0 Å². The van der Waals surface area contributed by atoms with Crippen LogP contribution in [0.5, 0.6) is 0 Å². The van der Waals surface area contributed by atoms with Gasteiger partial charge in [-0.15, -0.1) is 0 Å². The number of hydrogen-bond donors (Lipinski definition) is 3. The molecule has 0 bridgehead atoms. The van der Waals surface area contributed by atoms with E-state index in [4.69, 9.17) is 4.74 Å². The molecule has 6 nitrogen and oxygen atoms in total. The molecule has 0 aliphatic carbocycles. The van der Waals surface area contributed by atoms with E-state index in [0.29, 0.717) is 6.42 Å². The zero-order valence-corrected chi connectivity index (χ0v) is 15.4. The van der Waals surface area contributed by atoms with Crippen molar-refractivity contribution in [2.45, 2.75) is 79.1 Å². The lowest BCUT2D eigenvalue weighted by atomic mass is 9.86. The lowest BCUT2D eigenvalue weighted by Crippen LogP contribution is -2.47. The molecule has 0 aliphatic heterocycles. The molecule has 0 aromatic heterocycles. The van der Waals surface area contributed by atoms with Crippen LogP contribution in [0.4, 0.5) is 4.79 Å². The van der Waals surface area contributed by atoms with Gasteiger partial charge in [0.25, 0.3) is 0 Å². The van der Waals surface area contributed by atoms with Gasteiger partial charge in [-0.05, 0) is 45.4 Å². The molecule has 0 rings (SSSR count). The highest BCUT2D eigenvalue weighted by Crippen LogP contribution is 2.21. The number of carbonyl (C=O) groups excluding carboxylic acids is 1. The lowest BCUT2D eigenvalue weighted by Gasteiger charge is -2.29. The van der Waals surface area contributed by atoms with Crippen LogP contribution in [0.25, 0.3) is 0 Å². The summed E-state index contributed by atoms with van der Waals surface area (Å²) < 4.78 is 5.22. The van der Waals surface area contributed by atoms with Gasteiger partial charge in [-0.25, -0.2) is 4.79 Å². The van der Waals surface area contributed by atoms with Crippen LogP contribution in [0.1, 0.15) is 61.3 Å². The van der Waals surface area contributed by atoms with Crippen molar-refractivity contribution in [1.82, 2.24) is 5.32 Å². The monoisotopic (exact) mass is 331 g/mol. The second-order valence-electron chi connectivity index (χ2n) is 7.87. The highest BCUT2D eigenvalue weighted by molar-refractivity contribution is 5.70. The first kappa shape index (κ1) is 21.7. The lowest BCUT2D eigenvalue weighted by molar-refractivity contribution is -0.144. The van der Waals surface area contributed by atoms with E-state index in [1.165, 1.54) is 0 Å². The standard InChI is InChI=1S/C17H33NO5/c1-10(2)8-13(18-16(22)23-17(5,6)7)14(19)9-12(11(3)4)15(20)21/h10-14,19H,8-9H2,1-7H3,(H,18,22)(H,20,21)/t12-,13-,14+/m0/s1. The van der Waals surface area contributed by atoms with Crippen LogP contribution < -0.4 is 5.32 Å². The third-order valence-corrected chi connectivity index (χ3v) is 3.51. The van der Waals surface area contributed by atoms with E-state index >= 15 is 0 Å². The van der Waals surface area contributed by atoms with Crippen LogP contribution in [0, 0.1) is 17.8 Å². The van der Waals surface area contributed by atoms with Crippen molar-refractivity contribution in [3.05, 3.63) is 0 Å². The van der Waals surface area contributed by atoms with Crippen molar-refractivity contribution in [1.29, 1.82) is 0 Å². The summed E-state index contributed by atoms with van der Waals surface area (Å²) in [6, 6.07) is -0.537. The van der Waals surface area contributed by atoms with Crippen molar-refractivity contribution >= 4 is 12.1 Å². The Morgan fingerprint density at radius 1 is 1.09 bits per heavy atom. The smallest absolute Gasteiger partial charge is 0.407 e. The van der Waals surface area contributed by atoms with Gasteiger partial charge < -0.3 is 20.3 Å². The summed E-state index contributed by atoms with van der Waals surface area (Å²) in [5, 5.41) is 22.4. The maximum absolute atomic E-state index is 11.9. The summed E-state index contributed by atoms with van der Waals surface area (Å²) in [5.74, 6) is -1.44. The van der Waals surface area contributed by atoms with Crippen molar-refractivity contribution in [2.75, 3.05) is 0 Å². The summed E-state index contributed by atoms with van der Waals surface area (Å²) >= 11 is 0. The Hall–Kier alpha value is -1.30. The van der Waals surface area contributed by atoms with Gasteiger partial charge in [0.05, 0.1) is 18.1 Å². The normalized spacial score (nSPS) is 16.1. The van der Waals surface area contributed by atoms with Crippen molar-refractivity contribution in [3.8, 4) is 0 Å². The summed E-state index contributed by atoms with van der Waals surface area (Å²) in [7, 11) is 0. The number of carboxylic acid groups (broad SMARTS) is 1. The van der Waals surface area contributed by atoms with E-state index in [2.05, 4.69) is 5.32 Å². The maximum atomic E-state index is 11.9. The first-order valence-electron chi connectivity index (χ1n) is 8.23. The van der Waals surface area contributed by atoms with Crippen LogP contribution in [0.15, 0.2) is 0 Å². The van der Waals surface area contributed by atoms with Crippen LogP contribution >= 0.6 is 0 Å².